The Morgan fingerprint density at radius 1 is 1.11 bits per heavy atom. The maximum absolute atomic E-state index is 12.6. The summed E-state index contributed by atoms with van der Waals surface area (Å²) in [5.74, 6) is 0.331. The van der Waals surface area contributed by atoms with Gasteiger partial charge in [0, 0.05) is 5.70 Å². The highest BCUT2D eigenvalue weighted by Crippen LogP contribution is 2.41. The third-order valence-electron chi connectivity index (χ3n) is 3.88. The van der Waals surface area contributed by atoms with Crippen LogP contribution in [0.4, 0.5) is 4.79 Å². The van der Waals surface area contributed by atoms with E-state index in [1.165, 1.54) is 21.3 Å². The molecule has 28 heavy (non-hydrogen) atoms. The Morgan fingerprint density at radius 3 is 2.14 bits per heavy atom. The van der Waals surface area contributed by atoms with E-state index < -0.39 is 28.4 Å². The second-order valence-corrected chi connectivity index (χ2v) is 8.24. The van der Waals surface area contributed by atoms with Crippen molar-refractivity contribution in [1.29, 1.82) is 0 Å². The highest BCUT2D eigenvalue weighted by molar-refractivity contribution is 6.67. The van der Waals surface area contributed by atoms with Crippen LogP contribution in [0.5, 0.6) is 17.2 Å². The molecular formula is C17H19Cl3N2O6. The second kappa shape index (κ2) is 8.98. The normalized spacial score (nSPS) is 16.8. The Hall–Kier alpha value is -2.03. The number of methoxy groups -OCH3 is 3. The van der Waals surface area contributed by atoms with Crippen LogP contribution in [-0.4, -0.2) is 43.7 Å². The van der Waals surface area contributed by atoms with E-state index in [0.29, 0.717) is 28.5 Å². The number of carbonyl (C=O) groups is 2. The third kappa shape index (κ3) is 5.06. The first-order valence-corrected chi connectivity index (χ1v) is 9.06. The number of esters is 1. The summed E-state index contributed by atoms with van der Waals surface area (Å²) in [5, 5.41) is 5.20. The van der Waals surface area contributed by atoms with Crippen molar-refractivity contribution in [3.8, 4) is 17.2 Å². The van der Waals surface area contributed by atoms with Crippen molar-refractivity contribution in [2.24, 2.45) is 0 Å². The minimum atomic E-state index is -1.77. The van der Waals surface area contributed by atoms with E-state index in [4.69, 9.17) is 53.8 Å². The summed E-state index contributed by atoms with van der Waals surface area (Å²) in [7, 11) is 4.38. The van der Waals surface area contributed by atoms with Crippen molar-refractivity contribution in [2.45, 2.75) is 16.8 Å². The van der Waals surface area contributed by atoms with Gasteiger partial charge in [-0.2, -0.15) is 0 Å². The Labute approximate surface area is 177 Å². The molecule has 11 heteroatoms. The van der Waals surface area contributed by atoms with E-state index in [0.717, 1.165) is 0 Å². The first-order valence-electron chi connectivity index (χ1n) is 7.93. The minimum absolute atomic E-state index is 0.142. The zero-order chi connectivity index (χ0) is 21.1. The van der Waals surface area contributed by atoms with Gasteiger partial charge >= 0.3 is 12.0 Å². The van der Waals surface area contributed by atoms with Crippen LogP contribution in [0.15, 0.2) is 23.4 Å². The number of allylic oxidation sites excluding steroid dienone is 1. The maximum atomic E-state index is 12.6. The SMILES string of the molecule is COc1cc([C@H]2NC(=O)NC(C)=C2C(=O)OCC(Cl)(Cl)Cl)cc(OC)c1OC. The number of ether oxygens (including phenoxy) is 4. The molecule has 0 saturated carbocycles. The lowest BCUT2D eigenvalue weighted by atomic mass is 9.95. The van der Waals surface area contributed by atoms with Crippen molar-refractivity contribution in [3.63, 3.8) is 0 Å². The highest BCUT2D eigenvalue weighted by Gasteiger charge is 2.34. The van der Waals surface area contributed by atoms with E-state index >= 15 is 0 Å². The van der Waals surface area contributed by atoms with Crippen LogP contribution in [0.3, 0.4) is 0 Å². The summed E-state index contributed by atoms with van der Waals surface area (Å²) >= 11 is 16.9. The minimum Gasteiger partial charge on any atom is -0.493 e. The molecule has 8 nitrogen and oxygen atoms in total. The van der Waals surface area contributed by atoms with Crippen LogP contribution < -0.4 is 24.8 Å². The Bertz CT molecular complexity index is 782. The highest BCUT2D eigenvalue weighted by atomic mass is 35.6. The number of nitrogens with one attached hydrogen (secondary N) is 2. The lowest BCUT2D eigenvalue weighted by Crippen LogP contribution is -2.45. The molecule has 0 spiro atoms. The van der Waals surface area contributed by atoms with E-state index in [2.05, 4.69) is 10.6 Å². The topological polar surface area (TPSA) is 95.1 Å². The first-order chi connectivity index (χ1) is 13.1. The van der Waals surface area contributed by atoms with E-state index in [-0.39, 0.29) is 5.57 Å². The lowest BCUT2D eigenvalue weighted by molar-refractivity contribution is -0.139. The molecule has 2 rings (SSSR count). The molecule has 0 fully saturated rings. The van der Waals surface area contributed by atoms with Gasteiger partial charge in [-0.1, -0.05) is 34.8 Å². The average Bonchev–Trinajstić information content (AvgIpc) is 2.63. The second-order valence-electron chi connectivity index (χ2n) is 5.72. The van der Waals surface area contributed by atoms with Gasteiger partial charge in [0.1, 0.15) is 6.61 Å². The van der Waals surface area contributed by atoms with Gasteiger partial charge in [0.2, 0.25) is 9.54 Å². The van der Waals surface area contributed by atoms with Gasteiger partial charge in [-0.05, 0) is 24.6 Å². The quantitative estimate of drug-likeness (QED) is 0.507. The average molecular weight is 454 g/mol. The number of hydrogen-bond donors (Lipinski definition) is 2. The van der Waals surface area contributed by atoms with Crippen LogP contribution in [0.25, 0.3) is 0 Å². The Kier molecular flexibility index (Phi) is 7.14. The zero-order valence-corrected chi connectivity index (χ0v) is 17.8. The molecule has 0 unspecified atom stereocenters. The lowest BCUT2D eigenvalue weighted by Gasteiger charge is -2.29. The molecule has 1 aliphatic heterocycles. The maximum Gasteiger partial charge on any atom is 0.338 e. The van der Waals surface area contributed by atoms with Crippen molar-refractivity contribution >= 4 is 46.8 Å². The van der Waals surface area contributed by atoms with Crippen molar-refractivity contribution in [3.05, 3.63) is 29.0 Å². The van der Waals surface area contributed by atoms with Crippen LogP contribution in [0.1, 0.15) is 18.5 Å². The van der Waals surface area contributed by atoms with Crippen LogP contribution in [0.2, 0.25) is 0 Å². The van der Waals surface area contributed by atoms with Crippen LogP contribution in [-0.2, 0) is 9.53 Å². The van der Waals surface area contributed by atoms with Gasteiger partial charge < -0.3 is 29.6 Å². The Balaban J connectivity index is 2.50. The third-order valence-corrected chi connectivity index (χ3v) is 4.20. The summed E-state index contributed by atoms with van der Waals surface area (Å²) in [4.78, 5) is 24.7. The zero-order valence-electron chi connectivity index (χ0n) is 15.5. The standard InChI is InChI=1S/C17H19Cl3N2O6/c1-8-12(15(23)28-7-17(18,19)20)13(22-16(24)21-8)9-5-10(25-2)14(27-4)11(6-9)26-3/h5-6,13H,7H2,1-4H3,(H2,21,22,24)/t13-/m1/s1. The monoisotopic (exact) mass is 452 g/mol. The molecular weight excluding hydrogens is 435 g/mol. The van der Waals surface area contributed by atoms with E-state index in [9.17, 15) is 9.59 Å². The van der Waals surface area contributed by atoms with E-state index in [1.807, 2.05) is 0 Å². The number of benzene rings is 1. The number of rotatable bonds is 6. The number of halogens is 3. The predicted octanol–water partition coefficient (Wildman–Crippen LogP) is 3.25. The summed E-state index contributed by atoms with van der Waals surface area (Å²) in [6, 6.07) is 1.89. The largest absolute Gasteiger partial charge is 0.493 e. The number of carbonyl (C=O) groups excluding carboxylic acids is 2. The molecule has 1 atom stereocenters. The molecule has 1 heterocycles. The fourth-order valence-corrected chi connectivity index (χ4v) is 2.87. The van der Waals surface area contributed by atoms with Crippen molar-refractivity contribution < 1.29 is 28.5 Å². The molecule has 1 aromatic rings. The van der Waals surface area contributed by atoms with Gasteiger partial charge in [-0.15, -0.1) is 0 Å². The predicted molar refractivity (Wildman–Crippen MR) is 104 cm³/mol. The summed E-state index contributed by atoms with van der Waals surface area (Å²) in [5.41, 5.74) is 0.949. The van der Waals surface area contributed by atoms with Crippen molar-refractivity contribution in [2.75, 3.05) is 27.9 Å². The number of amides is 2. The number of hydrogen-bond acceptors (Lipinski definition) is 6. The molecule has 1 aromatic carbocycles. The van der Waals surface area contributed by atoms with Crippen LogP contribution in [0, 0.1) is 0 Å². The molecule has 0 saturated heterocycles. The summed E-state index contributed by atoms with van der Waals surface area (Å²) < 4.78 is 19.3. The molecule has 154 valence electrons. The molecule has 0 aliphatic carbocycles. The molecule has 2 N–H and O–H groups in total. The smallest absolute Gasteiger partial charge is 0.338 e. The summed E-state index contributed by atoms with van der Waals surface area (Å²) in [6.07, 6.45) is 0. The summed E-state index contributed by atoms with van der Waals surface area (Å²) in [6.45, 7) is 1.11. The molecule has 1 aliphatic rings. The number of urea groups is 1. The van der Waals surface area contributed by atoms with Gasteiger partial charge in [-0.25, -0.2) is 9.59 Å². The van der Waals surface area contributed by atoms with Gasteiger partial charge in [-0.3, -0.25) is 0 Å². The van der Waals surface area contributed by atoms with Crippen LogP contribution >= 0.6 is 34.8 Å². The van der Waals surface area contributed by atoms with Crippen molar-refractivity contribution in [1.82, 2.24) is 10.6 Å². The molecule has 2 amide bonds. The fraction of sp³-hybridized carbons (Fsp3) is 0.412. The van der Waals surface area contributed by atoms with Gasteiger partial charge in [0.25, 0.3) is 0 Å². The Morgan fingerprint density at radius 2 is 1.68 bits per heavy atom. The molecule has 0 radical (unpaired) electrons. The molecule has 0 aromatic heterocycles. The molecule has 0 bridgehead atoms. The van der Waals surface area contributed by atoms with Gasteiger partial charge in [0.15, 0.2) is 11.5 Å². The van der Waals surface area contributed by atoms with Gasteiger partial charge in [0.05, 0.1) is 32.9 Å². The number of alkyl halides is 3. The van der Waals surface area contributed by atoms with E-state index in [1.54, 1.807) is 19.1 Å². The fourth-order valence-electron chi connectivity index (χ4n) is 2.71. The first kappa shape index (κ1) is 22.3.